The van der Waals surface area contributed by atoms with E-state index in [9.17, 15) is 4.79 Å². The van der Waals surface area contributed by atoms with E-state index in [0.29, 0.717) is 5.92 Å². The number of hydrogen-bond acceptors (Lipinski definition) is 4. The molecule has 7 heteroatoms. The summed E-state index contributed by atoms with van der Waals surface area (Å²) < 4.78 is 0. The van der Waals surface area contributed by atoms with Crippen molar-refractivity contribution >= 4 is 17.4 Å². The molecule has 2 aromatic heterocycles. The van der Waals surface area contributed by atoms with Crippen molar-refractivity contribution in [2.24, 2.45) is 5.92 Å². The van der Waals surface area contributed by atoms with Crippen molar-refractivity contribution in [2.45, 2.75) is 51.6 Å². The van der Waals surface area contributed by atoms with E-state index in [0.717, 1.165) is 35.8 Å². The lowest BCUT2D eigenvalue weighted by Crippen LogP contribution is -2.42. The van der Waals surface area contributed by atoms with E-state index in [-0.39, 0.29) is 18.1 Å². The topological polar surface area (TPSA) is 73.9 Å². The summed E-state index contributed by atoms with van der Waals surface area (Å²) in [5.41, 5.74) is 3.24. The second-order valence-electron chi connectivity index (χ2n) is 6.83. The summed E-state index contributed by atoms with van der Waals surface area (Å²) in [6, 6.07) is 0.217. The van der Waals surface area contributed by atoms with E-state index < -0.39 is 0 Å². The summed E-state index contributed by atoms with van der Waals surface area (Å²) in [4.78, 5) is 19.4. The third kappa shape index (κ3) is 2.81. The zero-order valence-corrected chi connectivity index (χ0v) is 14.9. The summed E-state index contributed by atoms with van der Waals surface area (Å²) in [6.45, 7) is 4.85. The van der Waals surface area contributed by atoms with Crippen LogP contribution in [0.25, 0.3) is 0 Å². The van der Waals surface area contributed by atoms with Gasteiger partial charge < -0.3 is 10.2 Å². The lowest BCUT2D eigenvalue weighted by Gasteiger charge is -2.28. The van der Waals surface area contributed by atoms with Gasteiger partial charge in [0, 0.05) is 29.4 Å². The number of rotatable bonds is 4. The molecule has 1 aliphatic carbocycles. The predicted octanol–water partition coefficient (Wildman–Crippen LogP) is 3.48. The van der Waals surface area contributed by atoms with Crippen LogP contribution in [0.4, 0.5) is 4.79 Å². The summed E-state index contributed by atoms with van der Waals surface area (Å²) in [5, 5.41) is 13.6. The van der Waals surface area contributed by atoms with Crippen LogP contribution in [0, 0.1) is 19.8 Å². The average molecular weight is 345 g/mol. The molecule has 0 aromatic carbocycles. The Hall–Kier alpha value is -1.89. The van der Waals surface area contributed by atoms with E-state index in [1.165, 1.54) is 18.4 Å². The molecule has 2 N–H and O–H groups in total. The van der Waals surface area contributed by atoms with Crippen LogP contribution in [0.3, 0.4) is 0 Å². The number of thiazole rings is 1. The standard InChI is InChI=1S/C17H23N5OS/c1-10-14(11(2)21-20-10)13-4-3-8-22(13)17(23)19-15(12-5-6-12)16-18-7-9-24-16/h7,9,12-13,15H,3-6,8H2,1-2H3,(H,19,23)(H,20,21). The maximum absolute atomic E-state index is 13.0. The Labute approximate surface area is 145 Å². The van der Waals surface area contributed by atoms with Gasteiger partial charge in [-0.1, -0.05) is 0 Å². The van der Waals surface area contributed by atoms with E-state index in [1.807, 2.05) is 30.3 Å². The van der Waals surface area contributed by atoms with Gasteiger partial charge >= 0.3 is 6.03 Å². The van der Waals surface area contributed by atoms with E-state index in [1.54, 1.807) is 11.3 Å². The van der Waals surface area contributed by atoms with E-state index in [4.69, 9.17) is 0 Å². The van der Waals surface area contributed by atoms with Crippen LogP contribution in [0.15, 0.2) is 11.6 Å². The third-order valence-electron chi connectivity index (χ3n) is 5.12. The fourth-order valence-electron chi connectivity index (χ4n) is 3.78. The van der Waals surface area contributed by atoms with Gasteiger partial charge in [0.25, 0.3) is 0 Å². The molecule has 6 nitrogen and oxygen atoms in total. The van der Waals surface area contributed by atoms with Crippen molar-refractivity contribution in [3.8, 4) is 0 Å². The minimum absolute atomic E-state index is 0.0320. The van der Waals surface area contributed by atoms with Crippen molar-refractivity contribution in [3.63, 3.8) is 0 Å². The van der Waals surface area contributed by atoms with Crippen LogP contribution in [0.1, 0.15) is 59.7 Å². The van der Waals surface area contributed by atoms with Crippen molar-refractivity contribution < 1.29 is 4.79 Å². The highest BCUT2D eigenvalue weighted by atomic mass is 32.1. The summed E-state index contributed by atoms with van der Waals surface area (Å²) in [6.07, 6.45) is 6.20. The van der Waals surface area contributed by atoms with Gasteiger partial charge in [0.05, 0.1) is 17.8 Å². The second-order valence-corrected chi connectivity index (χ2v) is 7.76. The molecule has 2 fully saturated rings. The SMILES string of the molecule is Cc1n[nH]c(C)c1C1CCCN1C(=O)NC(c1nccs1)C1CC1. The van der Waals surface area contributed by atoms with Crippen molar-refractivity contribution in [2.75, 3.05) is 6.54 Å². The third-order valence-corrected chi connectivity index (χ3v) is 5.98. The molecule has 1 saturated heterocycles. The molecule has 2 atom stereocenters. The fraction of sp³-hybridized carbons (Fsp3) is 0.588. The molecule has 2 aliphatic rings. The van der Waals surface area contributed by atoms with Gasteiger partial charge in [0.2, 0.25) is 0 Å². The first-order valence-corrected chi connectivity index (χ1v) is 9.51. The van der Waals surface area contributed by atoms with E-state index in [2.05, 4.69) is 20.5 Å². The molecule has 3 heterocycles. The minimum atomic E-state index is 0.0320. The Balaban J connectivity index is 1.53. The zero-order valence-electron chi connectivity index (χ0n) is 14.1. The molecule has 0 spiro atoms. The lowest BCUT2D eigenvalue weighted by atomic mass is 10.0. The van der Waals surface area contributed by atoms with Gasteiger partial charge in [-0.15, -0.1) is 11.3 Å². The number of urea groups is 1. The van der Waals surface area contributed by atoms with Gasteiger partial charge in [0.15, 0.2) is 0 Å². The number of hydrogen-bond donors (Lipinski definition) is 2. The highest BCUT2D eigenvalue weighted by molar-refractivity contribution is 7.09. The molecule has 4 rings (SSSR count). The highest BCUT2D eigenvalue weighted by Crippen LogP contribution is 2.42. The van der Waals surface area contributed by atoms with Gasteiger partial charge in [-0.25, -0.2) is 9.78 Å². The van der Waals surface area contributed by atoms with Crippen molar-refractivity contribution in [1.29, 1.82) is 0 Å². The summed E-state index contributed by atoms with van der Waals surface area (Å²) in [7, 11) is 0. The van der Waals surface area contributed by atoms with E-state index >= 15 is 0 Å². The molecule has 1 saturated carbocycles. The normalized spacial score (nSPS) is 21.9. The predicted molar refractivity (Wildman–Crippen MR) is 92.9 cm³/mol. The molecule has 128 valence electrons. The maximum atomic E-state index is 13.0. The Morgan fingerprint density at radius 2 is 2.25 bits per heavy atom. The molecule has 1 aliphatic heterocycles. The summed E-state index contributed by atoms with van der Waals surface area (Å²) in [5.74, 6) is 0.540. The van der Waals surface area contributed by atoms with Crippen molar-refractivity contribution in [1.82, 2.24) is 25.4 Å². The molecule has 24 heavy (non-hydrogen) atoms. The Kier molecular flexibility index (Phi) is 4.04. The summed E-state index contributed by atoms with van der Waals surface area (Å²) >= 11 is 1.63. The van der Waals surface area contributed by atoms with Gasteiger partial charge in [0.1, 0.15) is 5.01 Å². The number of nitrogens with zero attached hydrogens (tertiary/aromatic N) is 3. The first kappa shape index (κ1) is 15.6. The number of aromatic nitrogens is 3. The molecular formula is C17H23N5OS. The number of amides is 2. The molecule has 2 aromatic rings. The van der Waals surface area contributed by atoms with Crippen LogP contribution in [-0.4, -0.2) is 32.7 Å². The first-order chi connectivity index (χ1) is 11.6. The number of likely N-dealkylation sites (tertiary alicyclic amines) is 1. The van der Waals surface area contributed by atoms with Crippen LogP contribution in [-0.2, 0) is 0 Å². The van der Waals surface area contributed by atoms with Crippen LogP contribution < -0.4 is 5.32 Å². The number of aryl methyl sites for hydroxylation is 2. The van der Waals surface area contributed by atoms with Crippen LogP contribution in [0.5, 0.6) is 0 Å². The highest BCUT2D eigenvalue weighted by Gasteiger charge is 2.38. The molecule has 0 bridgehead atoms. The second kappa shape index (κ2) is 6.20. The van der Waals surface area contributed by atoms with Crippen molar-refractivity contribution in [3.05, 3.63) is 33.5 Å². The van der Waals surface area contributed by atoms with Crippen LogP contribution >= 0.6 is 11.3 Å². The quantitative estimate of drug-likeness (QED) is 0.891. The number of aromatic amines is 1. The molecule has 2 amide bonds. The zero-order chi connectivity index (χ0) is 16.7. The number of carbonyl (C=O) groups is 1. The largest absolute Gasteiger partial charge is 0.328 e. The maximum Gasteiger partial charge on any atom is 0.318 e. The average Bonchev–Trinajstić information content (AvgIpc) is 2.97. The fourth-order valence-corrected chi connectivity index (χ4v) is 4.56. The smallest absolute Gasteiger partial charge is 0.318 e. The van der Waals surface area contributed by atoms with Gasteiger partial charge in [-0.2, -0.15) is 5.10 Å². The first-order valence-electron chi connectivity index (χ1n) is 8.63. The monoisotopic (exact) mass is 345 g/mol. The number of carbonyl (C=O) groups excluding carboxylic acids is 1. The van der Waals surface area contributed by atoms with Crippen LogP contribution in [0.2, 0.25) is 0 Å². The minimum Gasteiger partial charge on any atom is -0.328 e. The molecular weight excluding hydrogens is 322 g/mol. The lowest BCUT2D eigenvalue weighted by molar-refractivity contribution is 0.187. The Bertz CT molecular complexity index is 702. The van der Waals surface area contributed by atoms with Gasteiger partial charge in [-0.05, 0) is 45.4 Å². The number of H-pyrrole nitrogens is 1. The molecule has 0 radical (unpaired) electrons. The Morgan fingerprint density at radius 3 is 2.88 bits per heavy atom. The van der Waals surface area contributed by atoms with Gasteiger partial charge in [-0.3, -0.25) is 5.10 Å². The Morgan fingerprint density at radius 1 is 1.42 bits per heavy atom. The molecule has 2 unspecified atom stereocenters. The number of nitrogens with one attached hydrogen (secondary N) is 2.